The van der Waals surface area contributed by atoms with Crippen molar-refractivity contribution in [1.29, 1.82) is 0 Å². The third-order valence-corrected chi connectivity index (χ3v) is 18.6. The Balaban J connectivity index is 3.76. The molecule has 2 atom stereocenters. The predicted octanol–water partition coefficient (Wildman–Crippen LogP) is 26.3. The van der Waals surface area contributed by atoms with Gasteiger partial charge in [-0.25, -0.2) is 4.57 Å². The zero-order chi connectivity index (χ0) is 65.8. The van der Waals surface area contributed by atoms with Crippen LogP contribution < -0.4 is 5.73 Å². The Bertz CT molecular complexity index is 1720. The molecule has 0 aliphatic rings. The summed E-state index contributed by atoms with van der Waals surface area (Å²) in [5.74, 6) is -0.809. The maximum atomic E-state index is 12.8. The highest BCUT2D eigenvalue weighted by atomic mass is 31.2. The first-order valence-corrected chi connectivity index (χ1v) is 40.9. The SMILES string of the molecule is CC/C=C\C/C=C\C/C=C\C/C=C\C/C=C\CCCCCCCCCCCCCCCCCC(=O)OC(COC(=O)CCCCCCCCCCCCCCCCCCCCCCCCCCCCC/C=C\CCCCCCCCCC)COP(=O)(O)OCCN. The molecule has 91 heavy (non-hydrogen) atoms. The normalized spacial score (nSPS) is 13.2. The number of carbonyl (C=O) groups is 2. The van der Waals surface area contributed by atoms with Crippen molar-refractivity contribution in [2.75, 3.05) is 26.4 Å². The van der Waals surface area contributed by atoms with Crippen LogP contribution in [0.2, 0.25) is 0 Å². The monoisotopic (exact) mass is 1300 g/mol. The molecule has 9 nitrogen and oxygen atoms in total. The molecule has 0 rings (SSSR count). The molecule has 0 radical (unpaired) electrons. The fourth-order valence-corrected chi connectivity index (χ4v) is 12.5. The van der Waals surface area contributed by atoms with E-state index in [2.05, 4.69) is 86.8 Å². The second-order valence-electron chi connectivity index (χ2n) is 26.6. The second kappa shape index (κ2) is 76.5. The molecule has 532 valence electrons. The summed E-state index contributed by atoms with van der Waals surface area (Å²) < 4.78 is 33.3. The lowest BCUT2D eigenvalue weighted by Gasteiger charge is -2.19. The zero-order valence-corrected chi connectivity index (χ0v) is 61.0. The van der Waals surface area contributed by atoms with Crippen LogP contribution in [0.25, 0.3) is 0 Å². The van der Waals surface area contributed by atoms with Gasteiger partial charge in [-0.15, -0.1) is 0 Å². The van der Waals surface area contributed by atoms with E-state index in [1.54, 1.807) is 0 Å². The van der Waals surface area contributed by atoms with Crippen molar-refractivity contribution in [3.63, 3.8) is 0 Å². The molecule has 0 amide bonds. The summed E-state index contributed by atoms with van der Waals surface area (Å²) >= 11 is 0. The Morgan fingerprint density at radius 3 is 0.912 bits per heavy atom. The summed E-state index contributed by atoms with van der Waals surface area (Å²) in [5, 5.41) is 0. The van der Waals surface area contributed by atoms with E-state index < -0.39 is 26.5 Å². The van der Waals surface area contributed by atoms with Gasteiger partial charge in [0.2, 0.25) is 0 Å². The van der Waals surface area contributed by atoms with Gasteiger partial charge in [0, 0.05) is 19.4 Å². The highest BCUT2D eigenvalue weighted by Gasteiger charge is 2.26. The Hall–Kier alpha value is -2.55. The molecule has 2 unspecified atom stereocenters. The van der Waals surface area contributed by atoms with Crippen LogP contribution in [0.4, 0.5) is 0 Å². The number of nitrogens with two attached hydrogens (primary N) is 1. The molecule has 10 heteroatoms. The van der Waals surface area contributed by atoms with Crippen LogP contribution in [0.15, 0.2) is 72.9 Å². The number of unbranched alkanes of at least 4 members (excludes halogenated alkanes) is 50. The maximum absolute atomic E-state index is 12.8. The number of allylic oxidation sites excluding steroid dienone is 12. The standard InChI is InChI=1S/C81H150NO8P/c1-3-5-7-9-11-13-15-17-19-21-23-25-27-29-31-33-35-36-37-38-39-40-41-42-44-45-47-49-51-53-55-57-59-61-63-65-67-69-71-73-80(83)87-77-79(78-89-91(85,86)88-76-75-82)90-81(84)74-72-70-68-66-64-62-60-58-56-54-52-50-48-46-43-34-32-30-28-26-24-22-20-18-16-14-12-10-8-6-4-2/h6,8,12,14,18,20-21,23-24,26,30,32,79H,3-5,7,9-11,13,15-17,19,22,25,27-29,31,33-78,82H2,1-2H3,(H,85,86)/b8-6-,14-12-,20-18-,23-21-,26-24-,32-30-. The Morgan fingerprint density at radius 1 is 0.341 bits per heavy atom. The number of phosphoric ester groups is 1. The smallest absolute Gasteiger partial charge is 0.462 e. The van der Waals surface area contributed by atoms with Crippen LogP contribution in [-0.2, 0) is 32.7 Å². The van der Waals surface area contributed by atoms with Crippen LogP contribution in [0, 0.1) is 0 Å². The molecule has 0 fully saturated rings. The number of hydrogen-bond acceptors (Lipinski definition) is 8. The number of ether oxygens (including phenoxy) is 2. The van der Waals surface area contributed by atoms with E-state index >= 15 is 0 Å². The molecular weight excluding hydrogens is 1150 g/mol. The van der Waals surface area contributed by atoms with Gasteiger partial charge in [-0.1, -0.05) is 376 Å². The third-order valence-electron chi connectivity index (χ3n) is 17.6. The molecule has 0 aromatic heterocycles. The number of rotatable bonds is 75. The average Bonchev–Trinajstić information content (AvgIpc) is 3.71. The topological polar surface area (TPSA) is 134 Å². The van der Waals surface area contributed by atoms with Crippen LogP contribution in [0.3, 0.4) is 0 Å². The first-order chi connectivity index (χ1) is 44.8. The molecule has 0 spiro atoms. The summed E-state index contributed by atoms with van der Waals surface area (Å²) in [6.07, 6.45) is 102. The van der Waals surface area contributed by atoms with Gasteiger partial charge in [0.05, 0.1) is 13.2 Å². The van der Waals surface area contributed by atoms with Gasteiger partial charge in [-0.2, -0.15) is 0 Å². The largest absolute Gasteiger partial charge is 0.472 e. The Labute approximate surface area is 564 Å². The molecular formula is C81H150NO8P. The number of esters is 2. The molecule has 0 aromatic rings. The van der Waals surface area contributed by atoms with Crippen LogP contribution in [0.5, 0.6) is 0 Å². The lowest BCUT2D eigenvalue weighted by molar-refractivity contribution is -0.161. The molecule has 0 bridgehead atoms. The van der Waals surface area contributed by atoms with Gasteiger partial charge >= 0.3 is 19.8 Å². The van der Waals surface area contributed by atoms with Crippen molar-refractivity contribution in [2.45, 2.75) is 405 Å². The maximum Gasteiger partial charge on any atom is 0.472 e. The Kier molecular flexibility index (Phi) is 74.3. The van der Waals surface area contributed by atoms with Crippen molar-refractivity contribution in [3.8, 4) is 0 Å². The minimum Gasteiger partial charge on any atom is -0.462 e. The van der Waals surface area contributed by atoms with Crippen molar-refractivity contribution in [3.05, 3.63) is 72.9 Å². The second-order valence-corrected chi connectivity index (χ2v) is 28.0. The predicted molar refractivity (Wildman–Crippen MR) is 395 cm³/mol. The molecule has 3 N–H and O–H groups in total. The van der Waals surface area contributed by atoms with Gasteiger partial charge in [0.1, 0.15) is 6.61 Å². The first kappa shape index (κ1) is 88.5. The fraction of sp³-hybridized carbons (Fsp3) is 0.827. The highest BCUT2D eigenvalue weighted by molar-refractivity contribution is 7.47. The minimum atomic E-state index is -4.40. The highest BCUT2D eigenvalue weighted by Crippen LogP contribution is 2.43. The van der Waals surface area contributed by atoms with Crippen molar-refractivity contribution >= 4 is 19.8 Å². The van der Waals surface area contributed by atoms with E-state index in [9.17, 15) is 19.0 Å². The number of carbonyl (C=O) groups excluding carboxylic acids is 2. The molecule has 0 aromatic carbocycles. The number of hydrogen-bond donors (Lipinski definition) is 2. The molecule has 0 saturated carbocycles. The van der Waals surface area contributed by atoms with E-state index in [-0.39, 0.29) is 38.6 Å². The molecule has 0 aliphatic carbocycles. The quantitative estimate of drug-likeness (QED) is 0.0264. The lowest BCUT2D eigenvalue weighted by atomic mass is 10.0. The summed E-state index contributed by atoms with van der Waals surface area (Å²) in [4.78, 5) is 35.4. The van der Waals surface area contributed by atoms with Gasteiger partial charge in [-0.05, 0) is 83.5 Å². The Morgan fingerprint density at radius 2 is 0.604 bits per heavy atom. The van der Waals surface area contributed by atoms with Crippen molar-refractivity contribution in [2.24, 2.45) is 5.73 Å². The minimum absolute atomic E-state index is 0.0537. The van der Waals surface area contributed by atoms with Crippen molar-refractivity contribution < 1.29 is 37.6 Å². The fourth-order valence-electron chi connectivity index (χ4n) is 11.8. The van der Waals surface area contributed by atoms with Gasteiger partial charge in [0.15, 0.2) is 6.10 Å². The lowest BCUT2D eigenvalue weighted by Crippen LogP contribution is -2.29. The van der Waals surface area contributed by atoms with Gasteiger partial charge < -0.3 is 20.1 Å². The third kappa shape index (κ3) is 76.4. The first-order valence-electron chi connectivity index (χ1n) is 39.4. The summed E-state index contributed by atoms with van der Waals surface area (Å²) in [6.45, 7) is 3.69. The van der Waals surface area contributed by atoms with E-state index in [0.29, 0.717) is 6.42 Å². The summed E-state index contributed by atoms with van der Waals surface area (Å²) in [5.41, 5.74) is 5.41. The van der Waals surface area contributed by atoms with Gasteiger partial charge in [0.25, 0.3) is 0 Å². The van der Waals surface area contributed by atoms with E-state index in [4.69, 9.17) is 24.3 Å². The number of phosphoric acid groups is 1. The van der Waals surface area contributed by atoms with Crippen LogP contribution >= 0.6 is 7.82 Å². The van der Waals surface area contributed by atoms with Crippen molar-refractivity contribution in [1.82, 2.24) is 0 Å². The summed E-state index contributed by atoms with van der Waals surface area (Å²) in [7, 11) is -4.40. The van der Waals surface area contributed by atoms with Crippen LogP contribution in [-0.4, -0.2) is 49.3 Å². The van der Waals surface area contributed by atoms with E-state index in [1.807, 2.05) is 0 Å². The molecule has 0 heterocycles. The van der Waals surface area contributed by atoms with E-state index in [1.165, 1.54) is 295 Å². The molecule has 0 saturated heterocycles. The zero-order valence-electron chi connectivity index (χ0n) is 60.1. The van der Waals surface area contributed by atoms with E-state index in [0.717, 1.165) is 70.6 Å². The van der Waals surface area contributed by atoms with Crippen LogP contribution in [0.1, 0.15) is 399 Å². The summed E-state index contributed by atoms with van der Waals surface area (Å²) in [6, 6.07) is 0. The van der Waals surface area contributed by atoms with Gasteiger partial charge in [-0.3, -0.25) is 18.6 Å². The average molecular weight is 1300 g/mol. The molecule has 0 aliphatic heterocycles.